The van der Waals surface area contributed by atoms with Gasteiger partial charge in [-0.15, -0.1) is 0 Å². The SMILES string of the molecule is Cc1cc(F)ccc1CCNC(=O)c1ccc(Br)cc1N. The number of benzene rings is 2. The Kier molecular flexibility index (Phi) is 4.96. The number of carbonyl (C=O) groups is 1. The fourth-order valence-corrected chi connectivity index (χ4v) is 2.46. The number of nitrogens with two attached hydrogens (primary N) is 1. The summed E-state index contributed by atoms with van der Waals surface area (Å²) in [4.78, 5) is 12.0. The number of hydrogen-bond acceptors (Lipinski definition) is 2. The van der Waals surface area contributed by atoms with Crippen molar-refractivity contribution < 1.29 is 9.18 Å². The van der Waals surface area contributed by atoms with Crippen LogP contribution < -0.4 is 11.1 Å². The van der Waals surface area contributed by atoms with Crippen molar-refractivity contribution in [3.05, 3.63) is 63.4 Å². The van der Waals surface area contributed by atoms with Gasteiger partial charge in [-0.3, -0.25) is 4.79 Å². The van der Waals surface area contributed by atoms with E-state index in [2.05, 4.69) is 21.2 Å². The topological polar surface area (TPSA) is 55.1 Å². The van der Waals surface area contributed by atoms with Crippen molar-refractivity contribution in [3.63, 3.8) is 0 Å². The molecule has 0 saturated carbocycles. The Morgan fingerprint density at radius 1 is 1.29 bits per heavy atom. The van der Waals surface area contributed by atoms with Crippen LogP contribution in [0.4, 0.5) is 10.1 Å². The van der Waals surface area contributed by atoms with Crippen LogP contribution in [0.25, 0.3) is 0 Å². The van der Waals surface area contributed by atoms with E-state index in [4.69, 9.17) is 5.73 Å². The quantitative estimate of drug-likeness (QED) is 0.829. The molecular weight excluding hydrogens is 335 g/mol. The average Bonchev–Trinajstić information content (AvgIpc) is 2.41. The smallest absolute Gasteiger partial charge is 0.253 e. The van der Waals surface area contributed by atoms with E-state index in [0.29, 0.717) is 24.2 Å². The minimum atomic E-state index is -0.247. The van der Waals surface area contributed by atoms with Gasteiger partial charge in [-0.05, 0) is 54.8 Å². The highest BCUT2D eigenvalue weighted by molar-refractivity contribution is 9.10. The summed E-state index contributed by atoms with van der Waals surface area (Å²) in [6, 6.07) is 9.80. The van der Waals surface area contributed by atoms with Gasteiger partial charge in [0, 0.05) is 16.7 Å². The van der Waals surface area contributed by atoms with Crippen molar-refractivity contribution in [2.45, 2.75) is 13.3 Å². The Labute approximate surface area is 131 Å². The van der Waals surface area contributed by atoms with Crippen molar-refractivity contribution in [2.75, 3.05) is 12.3 Å². The first-order chi connectivity index (χ1) is 9.97. The van der Waals surface area contributed by atoms with Gasteiger partial charge < -0.3 is 11.1 Å². The van der Waals surface area contributed by atoms with Crippen LogP contribution in [0.5, 0.6) is 0 Å². The lowest BCUT2D eigenvalue weighted by Crippen LogP contribution is -2.26. The van der Waals surface area contributed by atoms with Gasteiger partial charge in [-0.25, -0.2) is 4.39 Å². The fourth-order valence-electron chi connectivity index (χ4n) is 2.09. The number of nitrogen functional groups attached to an aromatic ring is 1. The molecule has 2 rings (SSSR count). The van der Waals surface area contributed by atoms with Crippen LogP contribution in [-0.4, -0.2) is 12.5 Å². The minimum absolute atomic E-state index is 0.209. The molecule has 0 aliphatic heterocycles. The molecular formula is C16H16BrFN2O. The van der Waals surface area contributed by atoms with Gasteiger partial charge in [-0.1, -0.05) is 22.0 Å². The highest BCUT2D eigenvalue weighted by Gasteiger charge is 2.09. The zero-order valence-electron chi connectivity index (χ0n) is 11.6. The summed E-state index contributed by atoms with van der Waals surface area (Å²) >= 11 is 3.30. The molecule has 0 bridgehead atoms. The van der Waals surface area contributed by atoms with E-state index in [0.717, 1.165) is 15.6 Å². The second-order valence-electron chi connectivity index (χ2n) is 4.81. The Morgan fingerprint density at radius 2 is 2.05 bits per heavy atom. The van der Waals surface area contributed by atoms with Crippen LogP contribution >= 0.6 is 15.9 Å². The molecule has 2 aromatic carbocycles. The molecule has 0 aliphatic rings. The van der Waals surface area contributed by atoms with E-state index >= 15 is 0 Å². The van der Waals surface area contributed by atoms with Crippen LogP contribution in [0.15, 0.2) is 40.9 Å². The lowest BCUT2D eigenvalue weighted by molar-refractivity contribution is 0.0955. The van der Waals surface area contributed by atoms with E-state index < -0.39 is 0 Å². The Hall–Kier alpha value is -1.88. The number of anilines is 1. The Morgan fingerprint density at radius 3 is 2.71 bits per heavy atom. The molecule has 0 heterocycles. The van der Waals surface area contributed by atoms with Gasteiger partial charge in [0.1, 0.15) is 5.82 Å². The van der Waals surface area contributed by atoms with Gasteiger partial charge >= 0.3 is 0 Å². The molecule has 0 radical (unpaired) electrons. The zero-order valence-corrected chi connectivity index (χ0v) is 13.2. The standard InChI is InChI=1S/C16H16BrFN2O/c1-10-8-13(18)4-2-11(10)6-7-20-16(21)14-5-3-12(17)9-15(14)19/h2-5,8-9H,6-7,19H2,1H3,(H,20,21). The molecule has 21 heavy (non-hydrogen) atoms. The third kappa shape index (κ3) is 4.04. The third-order valence-corrected chi connectivity index (χ3v) is 3.74. The summed E-state index contributed by atoms with van der Waals surface area (Å²) in [6.07, 6.45) is 0.647. The van der Waals surface area contributed by atoms with Gasteiger partial charge in [0.15, 0.2) is 0 Å². The summed E-state index contributed by atoms with van der Waals surface area (Å²) in [5.74, 6) is -0.456. The number of amides is 1. The van der Waals surface area contributed by atoms with E-state index in [1.54, 1.807) is 24.3 Å². The van der Waals surface area contributed by atoms with Crippen molar-refractivity contribution in [1.82, 2.24) is 5.32 Å². The molecule has 3 nitrogen and oxygen atoms in total. The molecule has 3 N–H and O–H groups in total. The van der Waals surface area contributed by atoms with Crippen molar-refractivity contribution in [3.8, 4) is 0 Å². The molecule has 1 amide bonds. The van der Waals surface area contributed by atoms with Crippen LogP contribution in [0, 0.1) is 12.7 Å². The van der Waals surface area contributed by atoms with Crippen LogP contribution in [0.2, 0.25) is 0 Å². The van der Waals surface area contributed by atoms with E-state index in [1.807, 2.05) is 6.92 Å². The van der Waals surface area contributed by atoms with Crippen LogP contribution in [-0.2, 0) is 6.42 Å². The average molecular weight is 351 g/mol. The maximum atomic E-state index is 13.0. The lowest BCUT2D eigenvalue weighted by Gasteiger charge is -2.09. The second-order valence-corrected chi connectivity index (χ2v) is 5.72. The van der Waals surface area contributed by atoms with Crippen LogP contribution in [0.3, 0.4) is 0 Å². The third-order valence-electron chi connectivity index (χ3n) is 3.24. The van der Waals surface area contributed by atoms with E-state index in [-0.39, 0.29) is 11.7 Å². The van der Waals surface area contributed by atoms with E-state index in [9.17, 15) is 9.18 Å². The maximum absolute atomic E-state index is 13.0. The molecule has 0 saturated heterocycles. The lowest BCUT2D eigenvalue weighted by atomic mass is 10.1. The van der Waals surface area contributed by atoms with Crippen molar-refractivity contribution in [2.24, 2.45) is 0 Å². The number of carbonyl (C=O) groups excluding carboxylic acids is 1. The molecule has 0 aliphatic carbocycles. The maximum Gasteiger partial charge on any atom is 0.253 e. The number of rotatable bonds is 4. The molecule has 0 atom stereocenters. The van der Waals surface area contributed by atoms with Crippen molar-refractivity contribution in [1.29, 1.82) is 0 Å². The molecule has 0 fully saturated rings. The second kappa shape index (κ2) is 6.72. The summed E-state index contributed by atoms with van der Waals surface area (Å²) in [5.41, 5.74) is 8.59. The van der Waals surface area contributed by atoms with Gasteiger partial charge in [0.2, 0.25) is 0 Å². The number of hydrogen-bond donors (Lipinski definition) is 2. The normalized spacial score (nSPS) is 10.4. The summed E-state index contributed by atoms with van der Waals surface area (Å²) in [6.45, 7) is 2.33. The largest absolute Gasteiger partial charge is 0.398 e. The predicted octanol–water partition coefficient (Wildman–Crippen LogP) is 3.45. The number of halogens is 2. The molecule has 2 aromatic rings. The summed E-state index contributed by atoms with van der Waals surface area (Å²) < 4.78 is 13.8. The minimum Gasteiger partial charge on any atom is -0.398 e. The highest BCUT2D eigenvalue weighted by Crippen LogP contribution is 2.18. The first kappa shape index (κ1) is 15.5. The summed E-state index contributed by atoms with van der Waals surface area (Å²) in [5, 5.41) is 2.82. The fraction of sp³-hybridized carbons (Fsp3) is 0.188. The number of nitrogens with one attached hydrogen (secondary N) is 1. The zero-order chi connectivity index (χ0) is 15.4. The predicted molar refractivity (Wildman–Crippen MR) is 85.7 cm³/mol. The van der Waals surface area contributed by atoms with E-state index in [1.165, 1.54) is 12.1 Å². The molecule has 0 spiro atoms. The highest BCUT2D eigenvalue weighted by atomic mass is 79.9. The first-order valence-electron chi connectivity index (χ1n) is 6.55. The monoisotopic (exact) mass is 350 g/mol. The number of aryl methyl sites for hydroxylation is 1. The Bertz CT molecular complexity index is 673. The molecule has 110 valence electrons. The molecule has 0 unspecified atom stereocenters. The molecule has 0 aromatic heterocycles. The van der Waals surface area contributed by atoms with Gasteiger partial charge in [-0.2, -0.15) is 0 Å². The van der Waals surface area contributed by atoms with Crippen molar-refractivity contribution >= 4 is 27.5 Å². The Balaban J connectivity index is 1.95. The van der Waals surface area contributed by atoms with Gasteiger partial charge in [0.25, 0.3) is 5.91 Å². The first-order valence-corrected chi connectivity index (χ1v) is 7.35. The molecule has 5 heteroatoms. The summed E-state index contributed by atoms with van der Waals surface area (Å²) in [7, 11) is 0. The van der Waals surface area contributed by atoms with Gasteiger partial charge in [0.05, 0.1) is 5.56 Å². The van der Waals surface area contributed by atoms with Crippen LogP contribution in [0.1, 0.15) is 21.5 Å².